The summed E-state index contributed by atoms with van der Waals surface area (Å²) in [4.78, 5) is 3.34. The topological polar surface area (TPSA) is 59.5 Å². The van der Waals surface area contributed by atoms with E-state index in [0.29, 0.717) is 28.7 Å². The summed E-state index contributed by atoms with van der Waals surface area (Å²) in [5.74, 6) is -1.87. The van der Waals surface area contributed by atoms with Crippen molar-refractivity contribution in [3.05, 3.63) is 70.5 Å². The zero-order valence-electron chi connectivity index (χ0n) is 14.8. The first-order chi connectivity index (χ1) is 13.2. The molecule has 148 valence electrons. The van der Waals surface area contributed by atoms with Gasteiger partial charge in [-0.1, -0.05) is 17.4 Å². The summed E-state index contributed by atoms with van der Waals surface area (Å²) in [6, 6.07) is 7.31. The van der Waals surface area contributed by atoms with E-state index in [4.69, 9.17) is 4.74 Å². The first kappa shape index (κ1) is 20.2. The Morgan fingerprint density at radius 1 is 1.11 bits per heavy atom. The van der Waals surface area contributed by atoms with E-state index in [1.807, 2.05) is 0 Å². The van der Waals surface area contributed by atoms with E-state index in [1.54, 1.807) is 25.1 Å². The van der Waals surface area contributed by atoms with Crippen LogP contribution in [0.5, 0.6) is 5.75 Å². The Hall–Kier alpha value is -2.59. The maximum Gasteiger partial charge on any atom is 0.266 e. The molecule has 0 atom stereocenters. The minimum atomic E-state index is -4.33. The lowest BCUT2D eigenvalue weighted by Gasteiger charge is -2.23. The monoisotopic (exact) mass is 428 g/mol. The number of thiazole rings is 1. The molecule has 0 aliphatic heterocycles. The molecule has 0 spiro atoms. The minimum absolute atomic E-state index is 0.127. The SMILES string of the molecule is COc1ccc(CN(c2ncc(F)s2)S(=O)(=O)c2ccc(F)c(F)c2)c(C)c1. The predicted octanol–water partition coefficient (Wildman–Crippen LogP) is 4.27. The summed E-state index contributed by atoms with van der Waals surface area (Å²) in [6.45, 7) is 1.59. The molecule has 0 bridgehead atoms. The number of ether oxygens (including phenoxy) is 1. The molecule has 0 amide bonds. The van der Waals surface area contributed by atoms with Gasteiger partial charge in [0.25, 0.3) is 10.0 Å². The summed E-state index contributed by atoms with van der Waals surface area (Å²) in [7, 11) is -2.83. The van der Waals surface area contributed by atoms with Crippen molar-refractivity contribution >= 4 is 26.5 Å². The Labute approximate surface area is 164 Å². The van der Waals surface area contributed by atoms with Gasteiger partial charge in [0.1, 0.15) is 5.75 Å². The molecule has 3 rings (SSSR count). The second-order valence-corrected chi connectivity index (χ2v) is 8.65. The highest BCUT2D eigenvalue weighted by atomic mass is 32.2. The van der Waals surface area contributed by atoms with Crippen molar-refractivity contribution in [2.75, 3.05) is 11.4 Å². The molecule has 0 aliphatic rings. The highest BCUT2D eigenvalue weighted by Crippen LogP contribution is 2.31. The Bertz CT molecular complexity index is 1120. The van der Waals surface area contributed by atoms with Crippen LogP contribution < -0.4 is 9.04 Å². The predicted molar refractivity (Wildman–Crippen MR) is 99.5 cm³/mol. The van der Waals surface area contributed by atoms with Crippen LogP contribution >= 0.6 is 11.3 Å². The van der Waals surface area contributed by atoms with Crippen LogP contribution in [0.4, 0.5) is 18.3 Å². The first-order valence-corrected chi connectivity index (χ1v) is 10.2. The number of hydrogen-bond acceptors (Lipinski definition) is 5. The van der Waals surface area contributed by atoms with Gasteiger partial charge in [-0.15, -0.1) is 0 Å². The lowest BCUT2D eigenvalue weighted by Crippen LogP contribution is -2.31. The molecular weight excluding hydrogens is 413 g/mol. The van der Waals surface area contributed by atoms with Gasteiger partial charge in [0.05, 0.1) is 24.7 Å². The van der Waals surface area contributed by atoms with Crippen molar-refractivity contribution in [3.8, 4) is 5.75 Å². The summed E-state index contributed by atoms with van der Waals surface area (Å²) >= 11 is 0.534. The molecule has 1 aromatic heterocycles. The van der Waals surface area contributed by atoms with Crippen molar-refractivity contribution in [1.82, 2.24) is 4.98 Å². The molecule has 0 N–H and O–H groups in total. The number of halogens is 3. The Kier molecular flexibility index (Phi) is 5.61. The quantitative estimate of drug-likeness (QED) is 0.588. The van der Waals surface area contributed by atoms with E-state index < -0.39 is 31.7 Å². The number of aromatic nitrogens is 1. The van der Waals surface area contributed by atoms with Crippen molar-refractivity contribution in [2.45, 2.75) is 18.4 Å². The fourth-order valence-corrected chi connectivity index (χ4v) is 4.78. The van der Waals surface area contributed by atoms with Gasteiger partial charge in [-0.3, -0.25) is 0 Å². The van der Waals surface area contributed by atoms with Crippen molar-refractivity contribution in [3.63, 3.8) is 0 Å². The highest BCUT2D eigenvalue weighted by molar-refractivity contribution is 7.93. The molecule has 0 saturated carbocycles. The van der Waals surface area contributed by atoms with Gasteiger partial charge in [0.15, 0.2) is 16.8 Å². The normalized spacial score (nSPS) is 11.5. The average molecular weight is 428 g/mol. The van der Waals surface area contributed by atoms with Crippen LogP contribution in [0.2, 0.25) is 0 Å². The second kappa shape index (κ2) is 7.80. The third kappa shape index (κ3) is 3.97. The minimum Gasteiger partial charge on any atom is -0.497 e. The van der Waals surface area contributed by atoms with E-state index in [0.717, 1.165) is 28.2 Å². The number of sulfonamides is 1. The van der Waals surface area contributed by atoms with Gasteiger partial charge in [0.2, 0.25) is 5.13 Å². The molecule has 3 aromatic rings. The van der Waals surface area contributed by atoms with E-state index >= 15 is 0 Å². The van der Waals surface area contributed by atoms with Gasteiger partial charge in [0, 0.05) is 0 Å². The van der Waals surface area contributed by atoms with Crippen LogP contribution in [0.15, 0.2) is 47.5 Å². The molecule has 0 radical (unpaired) electrons. The molecule has 28 heavy (non-hydrogen) atoms. The van der Waals surface area contributed by atoms with Gasteiger partial charge in [-0.2, -0.15) is 4.39 Å². The fourth-order valence-electron chi connectivity index (χ4n) is 2.51. The second-order valence-electron chi connectivity index (χ2n) is 5.83. The van der Waals surface area contributed by atoms with Gasteiger partial charge < -0.3 is 4.74 Å². The van der Waals surface area contributed by atoms with Crippen LogP contribution in [0.25, 0.3) is 0 Å². The molecule has 1 heterocycles. The molecule has 0 fully saturated rings. The molecule has 2 aromatic carbocycles. The van der Waals surface area contributed by atoms with E-state index in [9.17, 15) is 21.6 Å². The smallest absolute Gasteiger partial charge is 0.266 e. The maximum absolute atomic E-state index is 13.6. The van der Waals surface area contributed by atoms with Crippen LogP contribution in [0, 0.1) is 23.7 Å². The molecule has 0 unspecified atom stereocenters. The number of anilines is 1. The van der Waals surface area contributed by atoms with Crippen LogP contribution in [0.3, 0.4) is 0 Å². The maximum atomic E-state index is 13.6. The van der Waals surface area contributed by atoms with E-state index in [-0.39, 0.29) is 11.7 Å². The van der Waals surface area contributed by atoms with E-state index in [2.05, 4.69) is 4.98 Å². The van der Waals surface area contributed by atoms with Gasteiger partial charge in [-0.05, 0) is 48.4 Å². The number of rotatable bonds is 6. The molecule has 0 aliphatic carbocycles. The zero-order valence-corrected chi connectivity index (χ0v) is 16.5. The van der Waals surface area contributed by atoms with Crippen LogP contribution in [-0.4, -0.2) is 20.5 Å². The summed E-state index contributed by atoms with van der Waals surface area (Å²) in [5.41, 5.74) is 1.35. The molecular formula is C18H15F3N2O3S2. The fraction of sp³-hybridized carbons (Fsp3) is 0.167. The molecule has 10 heteroatoms. The van der Waals surface area contributed by atoms with Crippen molar-refractivity contribution in [1.29, 1.82) is 0 Å². The summed E-state index contributed by atoms with van der Waals surface area (Å²) in [6.07, 6.45) is 0.897. The number of aryl methyl sites for hydroxylation is 1. The van der Waals surface area contributed by atoms with Crippen molar-refractivity contribution in [2.24, 2.45) is 0 Å². The first-order valence-electron chi connectivity index (χ1n) is 7.95. The third-order valence-electron chi connectivity index (χ3n) is 4.02. The number of hydrogen-bond donors (Lipinski definition) is 0. The zero-order chi connectivity index (χ0) is 20.5. The Morgan fingerprint density at radius 3 is 2.43 bits per heavy atom. The third-order valence-corrected chi connectivity index (χ3v) is 6.68. The number of benzene rings is 2. The standard InChI is InChI=1S/C18H15F3N2O3S2/c1-11-7-13(26-2)4-3-12(11)10-23(18-22-9-17(21)27-18)28(24,25)14-5-6-15(19)16(20)8-14/h3-9H,10H2,1-2H3. The molecule has 0 saturated heterocycles. The highest BCUT2D eigenvalue weighted by Gasteiger charge is 2.29. The lowest BCUT2D eigenvalue weighted by atomic mass is 10.1. The summed E-state index contributed by atoms with van der Waals surface area (Å²) < 4.78 is 72.6. The lowest BCUT2D eigenvalue weighted by molar-refractivity contribution is 0.414. The summed E-state index contributed by atoms with van der Waals surface area (Å²) in [5, 5.41) is -0.801. The van der Waals surface area contributed by atoms with Gasteiger partial charge >= 0.3 is 0 Å². The van der Waals surface area contributed by atoms with Crippen molar-refractivity contribution < 1.29 is 26.3 Å². The number of nitrogens with zero attached hydrogens (tertiary/aromatic N) is 2. The Morgan fingerprint density at radius 2 is 1.86 bits per heavy atom. The van der Waals surface area contributed by atoms with Crippen LogP contribution in [0.1, 0.15) is 11.1 Å². The number of methoxy groups -OCH3 is 1. The average Bonchev–Trinajstić information content (AvgIpc) is 3.08. The van der Waals surface area contributed by atoms with Crippen LogP contribution in [-0.2, 0) is 16.6 Å². The largest absolute Gasteiger partial charge is 0.497 e. The van der Waals surface area contributed by atoms with E-state index in [1.165, 1.54) is 7.11 Å². The van der Waals surface area contributed by atoms with Gasteiger partial charge in [-0.25, -0.2) is 26.5 Å². The Balaban J connectivity index is 2.08. The molecule has 5 nitrogen and oxygen atoms in total.